The number of nitrogens with one attached hydrogen (secondary N) is 2. The summed E-state index contributed by atoms with van der Waals surface area (Å²) in [6.07, 6.45) is 8.65. The summed E-state index contributed by atoms with van der Waals surface area (Å²) in [4.78, 5) is 20.3. The standard InChI is InChI=1S/C22H24ClN5O3/c23-15-11-25-22(26-16-6-3-5-12-4-1-2-9-30-18(12)16)28-20(15)27-17-13-7-8-14(10-13)19(17)31-21(24)29/h3,5-8,11,13-14,17,19H,1-2,4,9-10H2,(H2,24,29)(H2,25,26,27,28). The normalized spacial score (nSPS) is 26.0. The van der Waals surface area contributed by atoms with Crippen molar-refractivity contribution in [1.29, 1.82) is 0 Å². The summed E-state index contributed by atoms with van der Waals surface area (Å²) < 4.78 is 11.3. The van der Waals surface area contributed by atoms with Crippen molar-refractivity contribution in [1.82, 2.24) is 9.97 Å². The number of hydrogen-bond acceptors (Lipinski definition) is 7. The van der Waals surface area contributed by atoms with Crippen molar-refractivity contribution >= 4 is 35.1 Å². The van der Waals surface area contributed by atoms with Crippen LogP contribution in [0.2, 0.25) is 5.02 Å². The number of carbonyl (C=O) groups excluding carboxylic acids is 1. The molecule has 5 rings (SSSR count). The van der Waals surface area contributed by atoms with E-state index in [9.17, 15) is 4.79 Å². The number of benzene rings is 1. The molecule has 4 N–H and O–H groups in total. The van der Waals surface area contributed by atoms with Gasteiger partial charge >= 0.3 is 6.09 Å². The number of amides is 1. The van der Waals surface area contributed by atoms with Crippen LogP contribution in [0.25, 0.3) is 0 Å². The molecule has 1 aliphatic heterocycles. The van der Waals surface area contributed by atoms with Crippen molar-refractivity contribution in [2.75, 3.05) is 17.2 Å². The molecule has 1 aromatic heterocycles. The molecule has 4 unspecified atom stereocenters. The van der Waals surface area contributed by atoms with Crippen LogP contribution in [0.3, 0.4) is 0 Å². The number of fused-ring (bicyclic) bond motifs is 3. The Balaban J connectivity index is 1.38. The lowest BCUT2D eigenvalue weighted by atomic mass is 9.98. The zero-order valence-electron chi connectivity index (χ0n) is 16.9. The molecule has 31 heavy (non-hydrogen) atoms. The van der Waals surface area contributed by atoms with Crippen LogP contribution in [0, 0.1) is 11.8 Å². The first kappa shape index (κ1) is 19.9. The number of rotatable bonds is 5. The highest BCUT2D eigenvalue weighted by molar-refractivity contribution is 6.32. The summed E-state index contributed by atoms with van der Waals surface area (Å²) in [5.74, 6) is 2.09. The number of carbonyl (C=O) groups is 1. The Bertz CT molecular complexity index is 1030. The van der Waals surface area contributed by atoms with Gasteiger partial charge in [0.15, 0.2) is 5.82 Å². The Morgan fingerprint density at radius 2 is 2.13 bits per heavy atom. The Hall–Kier alpha value is -3.00. The molecule has 4 atom stereocenters. The molecule has 3 aliphatic rings. The minimum Gasteiger partial charge on any atom is -0.491 e. The van der Waals surface area contributed by atoms with E-state index in [1.165, 1.54) is 5.56 Å². The van der Waals surface area contributed by atoms with Gasteiger partial charge in [-0.3, -0.25) is 0 Å². The van der Waals surface area contributed by atoms with Gasteiger partial charge in [-0.1, -0.05) is 35.9 Å². The second kappa shape index (κ2) is 8.26. The minimum atomic E-state index is -0.779. The Morgan fingerprint density at radius 3 is 3.00 bits per heavy atom. The SMILES string of the molecule is NC(=O)OC1C2C=CC(C2)C1Nc1nc(Nc2cccc3c2OCCCC3)ncc1Cl. The maximum atomic E-state index is 11.4. The van der Waals surface area contributed by atoms with Crippen molar-refractivity contribution in [3.8, 4) is 5.75 Å². The van der Waals surface area contributed by atoms with Crippen LogP contribution in [0.15, 0.2) is 36.5 Å². The highest BCUT2D eigenvalue weighted by Crippen LogP contribution is 2.43. The number of hydrogen-bond donors (Lipinski definition) is 3. The van der Waals surface area contributed by atoms with E-state index in [4.69, 9.17) is 26.8 Å². The fraction of sp³-hybridized carbons (Fsp3) is 0.409. The number of nitrogens with zero attached hydrogens (tertiary/aromatic N) is 2. The molecule has 1 saturated carbocycles. The third-order valence-corrected chi connectivity index (χ3v) is 6.39. The van der Waals surface area contributed by atoms with Crippen LogP contribution >= 0.6 is 11.6 Å². The fourth-order valence-electron chi connectivity index (χ4n) is 4.71. The molecule has 0 saturated heterocycles. The van der Waals surface area contributed by atoms with E-state index in [0.29, 0.717) is 23.4 Å². The van der Waals surface area contributed by atoms with Crippen LogP contribution in [0.1, 0.15) is 24.8 Å². The summed E-state index contributed by atoms with van der Waals surface area (Å²) in [7, 11) is 0. The van der Waals surface area contributed by atoms with Gasteiger partial charge in [-0.15, -0.1) is 0 Å². The van der Waals surface area contributed by atoms with Gasteiger partial charge in [0.05, 0.1) is 24.5 Å². The molecule has 2 aromatic rings. The largest absolute Gasteiger partial charge is 0.491 e. The molecule has 162 valence electrons. The summed E-state index contributed by atoms with van der Waals surface area (Å²) in [5.41, 5.74) is 7.28. The number of aryl methyl sites for hydroxylation is 1. The lowest BCUT2D eigenvalue weighted by molar-refractivity contribution is 0.0853. The van der Waals surface area contributed by atoms with Crippen LogP contribution < -0.4 is 21.1 Å². The fourth-order valence-corrected chi connectivity index (χ4v) is 4.86. The smallest absolute Gasteiger partial charge is 0.404 e. The van der Waals surface area contributed by atoms with Crippen molar-refractivity contribution in [3.63, 3.8) is 0 Å². The van der Waals surface area contributed by atoms with Gasteiger partial charge in [-0.05, 0) is 37.3 Å². The Labute approximate surface area is 185 Å². The third-order valence-electron chi connectivity index (χ3n) is 6.12. The highest BCUT2D eigenvalue weighted by Gasteiger charge is 2.47. The maximum Gasteiger partial charge on any atom is 0.404 e. The van der Waals surface area contributed by atoms with Gasteiger partial charge in [0, 0.05) is 11.8 Å². The predicted octanol–water partition coefficient (Wildman–Crippen LogP) is 4.04. The molecule has 2 heterocycles. The molecular formula is C22H24ClN5O3. The quantitative estimate of drug-likeness (QED) is 0.600. The van der Waals surface area contributed by atoms with E-state index in [-0.39, 0.29) is 24.0 Å². The van der Waals surface area contributed by atoms with Crippen molar-refractivity contribution in [3.05, 3.63) is 47.1 Å². The van der Waals surface area contributed by atoms with Gasteiger partial charge in [0.25, 0.3) is 0 Å². The summed E-state index contributed by atoms with van der Waals surface area (Å²) in [5, 5.41) is 7.01. The number of ether oxygens (including phenoxy) is 2. The lowest BCUT2D eigenvalue weighted by Gasteiger charge is -2.28. The van der Waals surface area contributed by atoms with Gasteiger partial charge in [0.1, 0.15) is 16.9 Å². The third kappa shape index (κ3) is 3.99. The van der Waals surface area contributed by atoms with Gasteiger partial charge in [0.2, 0.25) is 5.95 Å². The number of para-hydroxylation sites is 1. The number of aromatic nitrogens is 2. The van der Waals surface area contributed by atoms with Crippen molar-refractivity contribution in [2.45, 2.75) is 37.8 Å². The second-order valence-electron chi connectivity index (χ2n) is 8.13. The summed E-state index contributed by atoms with van der Waals surface area (Å²) in [6.45, 7) is 0.693. The molecular weight excluding hydrogens is 418 g/mol. The predicted molar refractivity (Wildman–Crippen MR) is 118 cm³/mol. The molecule has 1 amide bonds. The van der Waals surface area contributed by atoms with E-state index in [2.05, 4.69) is 38.8 Å². The monoisotopic (exact) mass is 441 g/mol. The Kier molecular flexibility index (Phi) is 5.31. The maximum absolute atomic E-state index is 11.4. The first-order valence-electron chi connectivity index (χ1n) is 10.5. The van der Waals surface area contributed by atoms with Gasteiger partial charge in [-0.2, -0.15) is 4.98 Å². The van der Waals surface area contributed by atoms with Crippen LogP contribution in [-0.2, 0) is 11.2 Å². The first-order chi connectivity index (χ1) is 15.1. The zero-order valence-corrected chi connectivity index (χ0v) is 17.6. The topological polar surface area (TPSA) is 111 Å². The van der Waals surface area contributed by atoms with E-state index in [1.54, 1.807) is 6.20 Å². The summed E-state index contributed by atoms with van der Waals surface area (Å²) >= 11 is 6.38. The second-order valence-corrected chi connectivity index (χ2v) is 8.54. The van der Waals surface area contributed by atoms with Gasteiger partial charge < -0.3 is 25.8 Å². The van der Waals surface area contributed by atoms with E-state index in [0.717, 1.165) is 37.1 Å². The van der Waals surface area contributed by atoms with Crippen LogP contribution in [-0.4, -0.2) is 34.8 Å². The highest BCUT2D eigenvalue weighted by atomic mass is 35.5. The molecule has 1 fully saturated rings. The molecule has 8 nitrogen and oxygen atoms in total. The lowest BCUT2D eigenvalue weighted by Crippen LogP contribution is -2.41. The average Bonchev–Trinajstić information content (AvgIpc) is 3.24. The minimum absolute atomic E-state index is 0.144. The zero-order chi connectivity index (χ0) is 21.4. The molecule has 2 aliphatic carbocycles. The number of anilines is 3. The van der Waals surface area contributed by atoms with Crippen LogP contribution in [0.5, 0.6) is 5.75 Å². The van der Waals surface area contributed by atoms with Crippen molar-refractivity contribution < 1.29 is 14.3 Å². The molecule has 9 heteroatoms. The summed E-state index contributed by atoms with van der Waals surface area (Å²) in [6, 6.07) is 5.88. The van der Waals surface area contributed by atoms with E-state index in [1.807, 2.05) is 12.1 Å². The molecule has 0 radical (unpaired) electrons. The molecule has 0 spiro atoms. The van der Waals surface area contributed by atoms with E-state index >= 15 is 0 Å². The van der Waals surface area contributed by atoms with E-state index < -0.39 is 6.09 Å². The first-order valence-corrected chi connectivity index (χ1v) is 10.9. The Morgan fingerprint density at radius 1 is 1.26 bits per heavy atom. The van der Waals surface area contributed by atoms with Crippen molar-refractivity contribution in [2.24, 2.45) is 17.6 Å². The van der Waals surface area contributed by atoms with Gasteiger partial charge in [-0.25, -0.2) is 9.78 Å². The molecule has 2 bridgehead atoms. The van der Waals surface area contributed by atoms with Crippen LogP contribution in [0.4, 0.5) is 22.2 Å². The molecule has 1 aromatic carbocycles. The average molecular weight is 442 g/mol. The number of nitrogens with two attached hydrogens (primary N) is 1. The number of halogens is 1. The number of primary amides is 1.